The zero-order chi connectivity index (χ0) is 17.4. The number of anilines is 1. The summed E-state index contributed by atoms with van der Waals surface area (Å²) in [6, 6.07) is 11.5. The molecule has 2 heterocycles. The number of benzene rings is 1. The maximum Gasteiger partial charge on any atom is 0.274 e. The molecule has 0 spiro atoms. The van der Waals surface area contributed by atoms with E-state index in [-0.39, 0.29) is 12.5 Å². The van der Waals surface area contributed by atoms with E-state index in [9.17, 15) is 4.79 Å². The van der Waals surface area contributed by atoms with Crippen molar-refractivity contribution in [1.29, 1.82) is 0 Å². The number of carbonyl (C=O) groups is 1. The van der Waals surface area contributed by atoms with Gasteiger partial charge in [-0.15, -0.1) is 0 Å². The van der Waals surface area contributed by atoms with E-state index in [0.717, 1.165) is 41.3 Å². The lowest BCUT2D eigenvalue weighted by Crippen LogP contribution is -2.20. The van der Waals surface area contributed by atoms with Crippen molar-refractivity contribution in [3.63, 3.8) is 0 Å². The summed E-state index contributed by atoms with van der Waals surface area (Å²) in [5.74, 6) is 1.60. The van der Waals surface area contributed by atoms with Gasteiger partial charge in [0.25, 0.3) is 5.89 Å². The molecule has 1 aliphatic carbocycles. The molecule has 1 aromatic carbocycles. The molecule has 25 heavy (non-hydrogen) atoms. The molecule has 2 aromatic heterocycles. The van der Waals surface area contributed by atoms with Crippen LogP contribution in [0.3, 0.4) is 0 Å². The lowest BCUT2D eigenvalue weighted by molar-refractivity contribution is -0.116. The number of aromatic nitrogens is 3. The van der Waals surface area contributed by atoms with Crippen LogP contribution in [0.1, 0.15) is 35.8 Å². The zero-order valence-electron chi connectivity index (χ0n) is 14.3. The van der Waals surface area contributed by atoms with Crippen molar-refractivity contribution in [3.05, 3.63) is 53.5 Å². The fraction of sp³-hybridized carbons (Fsp3) is 0.316. The van der Waals surface area contributed by atoms with Crippen LogP contribution in [0.25, 0.3) is 11.6 Å². The number of amides is 1. The summed E-state index contributed by atoms with van der Waals surface area (Å²) in [4.78, 5) is 17.0. The van der Waals surface area contributed by atoms with Crippen molar-refractivity contribution in [2.45, 2.75) is 39.2 Å². The second-order valence-corrected chi connectivity index (χ2v) is 6.55. The van der Waals surface area contributed by atoms with Gasteiger partial charge in [-0.2, -0.15) is 4.98 Å². The Morgan fingerprint density at radius 3 is 2.76 bits per heavy atom. The predicted octanol–water partition coefficient (Wildman–Crippen LogP) is 3.67. The summed E-state index contributed by atoms with van der Waals surface area (Å²) < 4.78 is 7.40. The third kappa shape index (κ3) is 3.20. The van der Waals surface area contributed by atoms with Gasteiger partial charge in [0.05, 0.1) is 0 Å². The van der Waals surface area contributed by atoms with E-state index in [4.69, 9.17) is 4.52 Å². The van der Waals surface area contributed by atoms with Crippen LogP contribution in [0.5, 0.6) is 0 Å². The van der Waals surface area contributed by atoms with Crippen molar-refractivity contribution in [1.82, 2.24) is 14.7 Å². The lowest BCUT2D eigenvalue weighted by atomic mass is 10.2. The second-order valence-electron chi connectivity index (χ2n) is 6.55. The number of carbonyl (C=O) groups excluding carboxylic acids is 1. The van der Waals surface area contributed by atoms with Crippen molar-refractivity contribution in [2.75, 3.05) is 5.32 Å². The van der Waals surface area contributed by atoms with Gasteiger partial charge in [0.15, 0.2) is 5.82 Å². The van der Waals surface area contributed by atoms with Crippen LogP contribution >= 0.6 is 0 Å². The molecule has 1 aliphatic rings. The number of para-hydroxylation sites is 1. The van der Waals surface area contributed by atoms with Gasteiger partial charge >= 0.3 is 0 Å². The number of aryl methyl sites for hydroxylation is 2. The molecule has 6 nitrogen and oxygen atoms in total. The molecule has 4 rings (SSSR count). The van der Waals surface area contributed by atoms with Crippen LogP contribution in [-0.2, 0) is 11.3 Å². The Morgan fingerprint density at radius 1 is 1.28 bits per heavy atom. The zero-order valence-corrected chi connectivity index (χ0v) is 14.3. The molecule has 0 atom stereocenters. The van der Waals surface area contributed by atoms with Crippen molar-refractivity contribution in [2.24, 2.45) is 0 Å². The first-order chi connectivity index (χ1) is 12.1. The topological polar surface area (TPSA) is 73.0 Å². The second kappa shape index (κ2) is 6.20. The normalized spacial score (nSPS) is 13.8. The fourth-order valence-electron chi connectivity index (χ4n) is 3.04. The summed E-state index contributed by atoms with van der Waals surface area (Å²) in [5.41, 5.74) is 3.61. The molecule has 0 saturated heterocycles. The highest BCUT2D eigenvalue weighted by Crippen LogP contribution is 2.39. The standard InChI is InChI=1S/C19H20N4O2/c1-12-10-13(2)23(11-16(24)20-15-6-4-3-5-7-15)17(12)19-21-18(22-25-19)14-8-9-14/h3-7,10,14H,8-9,11H2,1-2H3,(H,20,24). The van der Waals surface area contributed by atoms with E-state index in [1.807, 2.05) is 54.8 Å². The minimum Gasteiger partial charge on any atom is -0.332 e. The minimum absolute atomic E-state index is 0.0897. The van der Waals surface area contributed by atoms with Gasteiger partial charge < -0.3 is 14.4 Å². The van der Waals surface area contributed by atoms with Gasteiger partial charge in [-0.1, -0.05) is 23.4 Å². The average Bonchev–Trinajstić information content (AvgIpc) is 3.26. The highest BCUT2D eigenvalue weighted by molar-refractivity contribution is 5.90. The van der Waals surface area contributed by atoms with Crippen LogP contribution in [0, 0.1) is 13.8 Å². The molecule has 0 aliphatic heterocycles. The molecule has 1 N–H and O–H groups in total. The Balaban J connectivity index is 1.59. The van der Waals surface area contributed by atoms with E-state index < -0.39 is 0 Å². The SMILES string of the molecule is Cc1cc(C)n(CC(=O)Nc2ccccc2)c1-c1nc(C2CC2)no1. The summed E-state index contributed by atoms with van der Waals surface area (Å²) in [6.07, 6.45) is 2.24. The van der Waals surface area contributed by atoms with Gasteiger partial charge in [0.2, 0.25) is 5.91 Å². The van der Waals surface area contributed by atoms with Gasteiger partial charge in [0, 0.05) is 17.3 Å². The first-order valence-corrected chi connectivity index (χ1v) is 8.47. The minimum atomic E-state index is -0.0897. The number of nitrogens with zero attached hydrogens (tertiary/aromatic N) is 3. The molecule has 1 saturated carbocycles. The molecule has 3 aromatic rings. The molecule has 1 fully saturated rings. The van der Waals surface area contributed by atoms with Crippen LogP contribution < -0.4 is 5.32 Å². The molecule has 0 unspecified atom stereocenters. The molecule has 0 bridgehead atoms. The fourth-order valence-corrected chi connectivity index (χ4v) is 3.04. The molecular formula is C19H20N4O2. The molecule has 0 radical (unpaired) electrons. The van der Waals surface area contributed by atoms with Crippen LogP contribution in [0.15, 0.2) is 40.9 Å². The summed E-state index contributed by atoms with van der Waals surface area (Å²) in [6.45, 7) is 4.17. The largest absolute Gasteiger partial charge is 0.332 e. The monoisotopic (exact) mass is 336 g/mol. The first-order valence-electron chi connectivity index (χ1n) is 8.47. The number of nitrogens with one attached hydrogen (secondary N) is 1. The molecular weight excluding hydrogens is 316 g/mol. The molecule has 128 valence electrons. The number of hydrogen-bond donors (Lipinski definition) is 1. The van der Waals surface area contributed by atoms with Gasteiger partial charge in [0.1, 0.15) is 12.2 Å². The Bertz CT molecular complexity index is 907. The van der Waals surface area contributed by atoms with Crippen LogP contribution in [0.4, 0.5) is 5.69 Å². The Morgan fingerprint density at radius 2 is 2.04 bits per heavy atom. The van der Waals surface area contributed by atoms with Crippen LogP contribution in [-0.4, -0.2) is 20.6 Å². The van der Waals surface area contributed by atoms with E-state index >= 15 is 0 Å². The lowest BCUT2D eigenvalue weighted by Gasteiger charge is -2.10. The number of rotatable bonds is 5. The van der Waals surface area contributed by atoms with E-state index in [0.29, 0.717) is 11.8 Å². The maximum atomic E-state index is 12.5. The Hall–Kier alpha value is -2.89. The quantitative estimate of drug-likeness (QED) is 0.771. The summed E-state index contributed by atoms with van der Waals surface area (Å²) >= 11 is 0. The van der Waals surface area contributed by atoms with Gasteiger partial charge in [-0.3, -0.25) is 4.79 Å². The summed E-state index contributed by atoms with van der Waals surface area (Å²) in [7, 11) is 0. The summed E-state index contributed by atoms with van der Waals surface area (Å²) in [5, 5.41) is 7.01. The maximum absolute atomic E-state index is 12.5. The Kier molecular flexibility index (Phi) is 3.87. The highest BCUT2D eigenvalue weighted by Gasteiger charge is 2.30. The smallest absolute Gasteiger partial charge is 0.274 e. The van der Waals surface area contributed by atoms with Crippen molar-refractivity contribution >= 4 is 11.6 Å². The first kappa shape index (κ1) is 15.6. The average molecular weight is 336 g/mol. The third-order valence-electron chi connectivity index (χ3n) is 4.44. The Labute approximate surface area is 145 Å². The highest BCUT2D eigenvalue weighted by atomic mass is 16.5. The molecule has 6 heteroatoms. The van der Waals surface area contributed by atoms with E-state index in [2.05, 4.69) is 15.5 Å². The van der Waals surface area contributed by atoms with E-state index in [1.54, 1.807) is 0 Å². The predicted molar refractivity (Wildman–Crippen MR) is 94.2 cm³/mol. The molecule has 1 amide bonds. The van der Waals surface area contributed by atoms with Crippen molar-refractivity contribution in [3.8, 4) is 11.6 Å². The van der Waals surface area contributed by atoms with Crippen LogP contribution in [0.2, 0.25) is 0 Å². The van der Waals surface area contributed by atoms with Gasteiger partial charge in [-0.05, 0) is 50.5 Å². The van der Waals surface area contributed by atoms with Crippen molar-refractivity contribution < 1.29 is 9.32 Å². The third-order valence-corrected chi connectivity index (χ3v) is 4.44. The van der Waals surface area contributed by atoms with Gasteiger partial charge in [-0.25, -0.2) is 0 Å². The van der Waals surface area contributed by atoms with E-state index in [1.165, 1.54) is 0 Å². The number of hydrogen-bond acceptors (Lipinski definition) is 4.